The average Bonchev–Trinajstić information content (AvgIpc) is 1.81. The predicted octanol–water partition coefficient (Wildman–Crippen LogP) is 2.54. The van der Waals surface area contributed by atoms with Crippen LogP contribution in [-0.2, 0) is 0 Å². The third kappa shape index (κ3) is 3.13. The van der Waals surface area contributed by atoms with Crippen LogP contribution < -0.4 is 0 Å². The van der Waals surface area contributed by atoms with E-state index in [2.05, 4.69) is 19.7 Å². The fourth-order valence-electron chi connectivity index (χ4n) is 0.646. The molecule has 0 aromatic rings. The van der Waals surface area contributed by atoms with Gasteiger partial charge in [-0.2, -0.15) is 0 Å². The van der Waals surface area contributed by atoms with Gasteiger partial charge >= 0.3 is 0 Å². The zero-order valence-corrected chi connectivity index (χ0v) is 6.85. The first-order valence-electron chi connectivity index (χ1n) is 3.27. The Hall–Kier alpha value is -0.980. The Balaban J connectivity index is 3.96. The van der Waals surface area contributed by atoms with Crippen molar-refractivity contribution in [2.24, 2.45) is 0 Å². The summed E-state index contributed by atoms with van der Waals surface area (Å²) in [5.74, 6) is 0. The number of allylic oxidation sites excluding steroid dienone is 1. The molecular formula is C9H15N. The highest BCUT2D eigenvalue weighted by Crippen LogP contribution is 2.03. The summed E-state index contributed by atoms with van der Waals surface area (Å²) in [6.45, 7) is 16.0. The molecule has 0 atom stereocenters. The Morgan fingerprint density at radius 1 is 1.40 bits per heavy atom. The molecular weight excluding hydrogens is 122 g/mol. The van der Waals surface area contributed by atoms with Gasteiger partial charge in [0.05, 0.1) is 0 Å². The maximum absolute atomic E-state index is 3.79. The van der Waals surface area contributed by atoms with Gasteiger partial charge in [0.1, 0.15) is 0 Å². The Bertz CT molecular complexity index is 156. The normalized spacial score (nSPS) is 8.60. The third-order valence-corrected chi connectivity index (χ3v) is 1.15. The van der Waals surface area contributed by atoms with Crippen molar-refractivity contribution in [2.45, 2.75) is 13.8 Å². The first kappa shape index (κ1) is 9.02. The highest BCUT2D eigenvalue weighted by atomic mass is 15.1. The van der Waals surface area contributed by atoms with Gasteiger partial charge in [-0.05, 0) is 20.0 Å². The molecule has 1 heteroatoms. The van der Waals surface area contributed by atoms with Crippen molar-refractivity contribution >= 4 is 0 Å². The van der Waals surface area contributed by atoms with E-state index in [0.717, 1.165) is 17.8 Å². The molecule has 10 heavy (non-hydrogen) atoms. The lowest BCUT2D eigenvalue weighted by atomic mass is 10.3. The molecule has 0 heterocycles. The second-order valence-electron chi connectivity index (χ2n) is 2.50. The third-order valence-electron chi connectivity index (χ3n) is 1.15. The minimum Gasteiger partial charge on any atom is -0.349 e. The molecule has 56 valence electrons. The van der Waals surface area contributed by atoms with E-state index in [1.807, 2.05) is 18.7 Å². The van der Waals surface area contributed by atoms with Crippen molar-refractivity contribution in [2.75, 3.05) is 6.54 Å². The quantitative estimate of drug-likeness (QED) is 0.538. The van der Waals surface area contributed by atoms with Crippen molar-refractivity contribution < 1.29 is 0 Å². The maximum Gasteiger partial charge on any atom is 0.0426 e. The van der Waals surface area contributed by atoms with E-state index < -0.39 is 0 Å². The highest BCUT2D eigenvalue weighted by molar-refractivity contribution is 5.02. The highest BCUT2D eigenvalue weighted by Gasteiger charge is 1.96. The van der Waals surface area contributed by atoms with Crippen LogP contribution in [0.4, 0.5) is 0 Å². The van der Waals surface area contributed by atoms with E-state index in [1.54, 1.807) is 6.20 Å². The summed E-state index contributed by atoms with van der Waals surface area (Å²) in [6.07, 6.45) is 1.76. The largest absolute Gasteiger partial charge is 0.349 e. The molecule has 0 radical (unpaired) electrons. The monoisotopic (exact) mass is 137 g/mol. The Morgan fingerprint density at radius 2 is 1.90 bits per heavy atom. The fourth-order valence-corrected chi connectivity index (χ4v) is 0.646. The van der Waals surface area contributed by atoms with Gasteiger partial charge in [-0.1, -0.05) is 25.3 Å². The number of hydrogen-bond donors (Lipinski definition) is 0. The zero-order chi connectivity index (χ0) is 8.15. The molecule has 0 fully saturated rings. The van der Waals surface area contributed by atoms with Gasteiger partial charge in [0.25, 0.3) is 0 Å². The molecule has 0 unspecified atom stereocenters. The summed E-state index contributed by atoms with van der Waals surface area (Å²) in [6, 6.07) is 0. The van der Waals surface area contributed by atoms with Crippen molar-refractivity contribution in [1.82, 2.24) is 4.90 Å². The van der Waals surface area contributed by atoms with Crippen molar-refractivity contribution in [1.29, 1.82) is 0 Å². The van der Waals surface area contributed by atoms with Gasteiger partial charge < -0.3 is 4.90 Å². The molecule has 0 rings (SSSR count). The molecule has 1 nitrogen and oxygen atoms in total. The lowest BCUT2D eigenvalue weighted by molar-refractivity contribution is 0.509. The topological polar surface area (TPSA) is 3.24 Å². The lowest BCUT2D eigenvalue weighted by Crippen LogP contribution is -2.15. The SMILES string of the molecule is C=CN(CC(=C)C)C(=C)C. The van der Waals surface area contributed by atoms with Gasteiger partial charge in [-0.3, -0.25) is 0 Å². The molecule has 0 aliphatic carbocycles. The van der Waals surface area contributed by atoms with Gasteiger partial charge in [0.15, 0.2) is 0 Å². The molecule has 0 aromatic heterocycles. The number of nitrogens with zero attached hydrogens (tertiary/aromatic N) is 1. The van der Waals surface area contributed by atoms with Crippen molar-refractivity contribution in [3.63, 3.8) is 0 Å². The van der Waals surface area contributed by atoms with Crippen molar-refractivity contribution in [3.8, 4) is 0 Å². The smallest absolute Gasteiger partial charge is 0.0426 e. The van der Waals surface area contributed by atoms with E-state index in [9.17, 15) is 0 Å². The molecule has 0 aromatic carbocycles. The summed E-state index contributed by atoms with van der Waals surface area (Å²) >= 11 is 0. The molecule has 0 aliphatic rings. The second kappa shape index (κ2) is 3.94. The Morgan fingerprint density at radius 3 is 2.00 bits per heavy atom. The molecule has 0 amide bonds. The van der Waals surface area contributed by atoms with Gasteiger partial charge in [-0.15, -0.1) is 0 Å². The number of rotatable bonds is 4. The van der Waals surface area contributed by atoms with Crippen LogP contribution >= 0.6 is 0 Å². The molecule has 0 spiro atoms. The van der Waals surface area contributed by atoms with E-state index >= 15 is 0 Å². The van der Waals surface area contributed by atoms with Crippen molar-refractivity contribution in [3.05, 3.63) is 37.2 Å². The molecule has 0 aliphatic heterocycles. The van der Waals surface area contributed by atoms with Crippen LogP contribution in [0.25, 0.3) is 0 Å². The minimum absolute atomic E-state index is 0.818. The summed E-state index contributed by atoms with van der Waals surface area (Å²) < 4.78 is 0. The van der Waals surface area contributed by atoms with E-state index in [1.165, 1.54) is 0 Å². The van der Waals surface area contributed by atoms with Crippen LogP contribution in [0.3, 0.4) is 0 Å². The molecule has 0 saturated carbocycles. The Kier molecular flexibility index (Phi) is 3.55. The van der Waals surface area contributed by atoms with Crippen LogP contribution in [0.1, 0.15) is 13.8 Å². The first-order valence-corrected chi connectivity index (χ1v) is 3.27. The summed E-state index contributed by atoms with van der Waals surface area (Å²) in [7, 11) is 0. The van der Waals surface area contributed by atoms with Gasteiger partial charge in [0.2, 0.25) is 0 Å². The van der Waals surface area contributed by atoms with Crippen LogP contribution in [0.5, 0.6) is 0 Å². The average molecular weight is 137 g/mol. The van der Waals surface area contributed by atoms with Gasteiger partial charge in [-0.25, -0.2) is 0 Å². The summed E-state index contributed by atoms with van der Waals surface area (Å²) in [5, 5.41) is 0. The van der Waals surface area contributed by atoms with E-state index in [0.29, 0.717) is 0 Å². The summed E-state index contributed by atoms with van der Waals surface area (Å²) in [5.41, 5.74) is 2.11. The standard InChI is InChI=1S/C9H15N/c1-6-10(9(4)5)7-8(2)3/h6H,1-2,4,7H2,3,5H3. The predicted molar refractivity (Wildman–Crippen MR) is 46.5 cm³/mol. The Labute approximate surface area is 63.3 Å². The van der Waals surface area contributed by atoms with Crippen LogP contribution in [0.2, 0.25) is 0 Å². The fraction of sp³-hybridized carbons (Fsp3) is 0.333. The lowest BCUT2D eigenvalue weighted by Gasteiger charge is -2.19. The maximum atomic E-state index is 3.79. The van der Waals surface area contributed by atoms with Crippen LogP contribution in [-0.4, -0.2) is 11.4 Å². The molecule has 0 N–H and O–H groups in total. The van der Waals surface area contributed by atoms with E-state index in [4.69, 9.17) is 0 Å². The van der Waals surface area contributed by atoms with Gasteiger partial charge in [0, 0.05) is 12.2 Å². The zero-order valence-electron chi connectivity index (χ0n) is 6.85. The van der Waals surface area contributed by atoms with E-state index in [-0.39, 0.29) is 0 Å². The molecule has 0 saturated heterocycles. The molecule has 0 bridgehead atoms. The number of hydrogen-bond acceptors (Lipinski definition) is 1. The minimum atomic E-state index is 0.818. The second-order valence-corrected chi connectivity index (χ2v) is 2.50. The van der Waals surface area contributed by atoms with Crippen LogP contribution in [0.15, 0.2) is 37.2 Å². The first-order chi connectivity index (χ1) is 4.57. The van der Waals surface area contributed by atoms with Crippen LogP contribution in [0, 0.1) is 0 Å². The summed E-state index contributed by atoms with van der Waals surface area (Å²) in [4.78, 5) is 1.96.